The van der Waals surface area contributed by atoms with E-state index in [-0.39, 0.29) is 28.8 Å². The number of amides is 2. The van der Waals surface area contributed by atoms with Gasteiger partial charge >= 0.3 is 12.5 Å². The first kappa shape index (κ1) is 27.1. The van der Waals surface area contributed by atoms with Gasteiger partial charge in [0, 0.05) is 12.3 Å². The highest BCUT2D eigenvalue weighted by Gasteiger charge is 2.46. The fraction of sp³-hybridized carbons (Fsp3) is 0.143. The second kappa shape index (κ2) is 9.60. The summed E-state index contributed by atoms with van der Waals surface area (Å²) in [5, 5.41) is 12.6. The number of hydrogen-bond donors (Lipinski definition) is 2. The Hall–Kier alpha value is -4.51. The topological polar surface area (TPSA) is 152 Å². The van der Waals surface area contributed by atoms with Gasteiger partial charge in [-0.15, -0.1) is 13.9 Å². The third kappa shape index (κ3) is 5.07. The largest absolute Gasteiger partial charge is 0.586 e. The number of carbonyl (C=O) groups excluding carboxylic acids is 2. The molecule has 0 atom stereocenters. The fourth-order valence-electron chi connectivity index (χ4n) is 3.62. The molecule has 0 radical (unpaired) electrons. The normalized spacial score (nSPS) is 13.9. The number of rotatable bonds is 6. The standard InChI is InChI=1S/C21H11Cl2F5N8O4/c22-9-2-1-3-30-18(9)36-11(4-8(33-36)6-35-7-13(32-34-35)20(24,25)26)19(38)31-15-10(23)5-12-16(14(15)17(29)37)40-21(27,28)39-12/h1-5,7H,6H2,(H2,29,37)(H,31,38). The van der Waals surface area contributed by atoms with E-state index in [1.807, 2.05) is 0 Å². The predicted octanol–water partition coefficient (Wildman–Crippen LogP) is 3.91. The molecular formula is C21H11Cl2F5N8O4. The lowest BCUT2D eigenvalue weighted by atomic mass is 10.1. The summed E-state index contributed by atoms with van der Waals surface area (Å²) in [6, 6.07) is 4.96. The van der Waals surface area contributed by atoms with Crippen LogP contribution in [0.2, 0.25) is 10.0 Å². The van der Waals surface area contributed by atoms with Crippen LogP contribution in [0.3, 0.4) is 0 Å². The highest BCUT2D eigenvalue weighted by Crippen LogP contribution is 2.48. The molecule has 4 aromatic rings. The highest BCUT2D eigenvalue weighted by molar-refractivity contribution is 6.35. The smallest absolute Gasteiger partial charge is 0.395 e. The third-order valence-corrected chi connectivity index (χ3v) is 5.81. The number of halogens is 7. The number of nitrogens with two attached hydrogens (primary N) is 1. The minimum Gasteiger partial charge on any atom is -0.395 e. The summed E-state index contributed by atoms with van der Waals surface area (Å²) in [6.07, 6.45) is -6.91. The maximum absolute atomic E-state index is 13.7. The van der Waals surface area contributed by atoms with Crippen molar-refractivity contribution in [2.24, 2.45) is 5.73 Å². The van der Waals surface area contributed by atoms with E-state index in [1.54, 1.807) is 0 Å². The van der Waals surface area contributed by atoms with E-state index in [0.717, 1.165) is 21.5 Å². The quantitative estimate of drug-likeness (QED) is 0.314. The number of primary amides is 1. The highest BCUT2D eigenvalue weighted by atomic mass is 35.5. The molecule has 0 saturated carbocycles. The number of anilines is 1. The summed E-state index contributed by atoms with van der Waals surface area (Å²) >= 11 is 12.4. The van der Waals surface area contributed by atoms with Crippen molar-refractivity contribution >= 4 is 40.7 Å². The molecule has 0 unspecified atom stereocenters. The molecule has 3 aromatic heterocycles. The molecule has 4 heterocycles. The average Bonchev–Trinajstić information content (AvgIpc) is 3.56. The van der Waals surface area contributed by atoms with Crippen LogP contribution in [0.1, 0.15) is 32.2 Å². The van der Waals surface area contributed by atoms with Crippen LogP contribution in [-0.2, 0) is 12.7 Å². The minimum atomic E-state index is -4.74. The number of nitrogens with zero attached hydrogens (tertiary/aromatic N) is 6. The Balaban J connectivity index is 1.55. The van der Waals surface area contributed by atoms with Crippen LogP contribution in [0.4, 0.5) is 27.6 Å². The van der Waals surface area contributed by atoms with Crippen molar-refractivity contribution < 1.29 is 41.0 Å². The first-order chi connectivity index (χ1) is 18.7. The second-order valence-electron chi connectivity index (χ2n) is 7.96. The number of benzene rings is 1. The van der Waals surface area contributed by atoms with Crippen LogP contribution in [0.15, 0.2) is 36.7 Å². The Morgan fingerprint density at radius 1 is 1.15 bits per heavy atom. The van der Waals surface area contributed by atoms with E-state index in [9.17, 15) is 31.5 Å². The number of ether oxygens (including phenoxy) is 2. The number of pyridine rings is 1. The van der Waals surface area contributed by atoms with Gasteiger partial charge in [0.1, 0.15) is 11.3 Å². The van der Waals surface area contributed by atoms with Gasteiger partial charge in [0.15, 0.2) is 23.0 Å². The van der Waals surface area contributed by atoms with E-state index in [2.05, 4.69) is 35.2 Å². The van der Waals surface area contributed by atoms with Crippen LogP contribution < -0.4 is 20.5 Å². The minimum absolute atomic E-state index is 0.0112. The molecule has 0 saturated heterocycles. The van der Waals surface area contributed by atoms with Crippen molar-refractivity contribution in [3.63, 3.8) is 0 Å². The number of aromatic nitrogens is 6. The van der Waals surface area contributed by atoms with Crippen LogP contribution in [0, 0.1) is 0 Å². The molecule has 0 aliphatic carbocycles. The number of carbonyl (C=O) groups is 2. The summed E-state index contributed by atoms with van der Waals surface area (Å²) in [4.78, 5) is 29.7. The molecule has 19 heteroatoms. The zero-order valence-electron chi connectivity index (χ0n) is 19.2. The van der Waals surface area contributed by atoms with Gasteiger partial charge in [-0.3, -0.25) is 9.59 Å². The number of nitrogens with one attached hydrogen (secondary N) is 1. The van der Waals surface area contributed by atoms with Crippen LogP contribution in [0.25, 0.3) is 5.82 Å². The molecule has 1 aromatic carbocycles. The van der Waals surface area contributed by atoms with E-state index in [1.165, 1.54) is 18.3 Å². The van der Waals surface area contributed by atoms with Crippen molar-refractivity contribution in [2.45, 2.75) is 19.0 Å². The van der Waals surface area contributed by atoms with Gasteiger partial charge in [-0.2, -0.15) is 18.3 Å². The lowest BCUT2D eigenvalue weighted by molar-refractivity contribution is -0.286. The average molecular weight is 605 g/mol. The fourth-order valence-corrected chi connectivity index (χ4v) is 4.07. The van der Waals surface area contributed by atoms with Gasteiger partial charge in [0.05, 0.1) is 34.2 Å². The lowest BCUT2D eigenvalue weighted by Crippen LogP contribution is -2.26. The van der Waals surface area contributed by atoms with E-state index < -0.39 is 57.8 Å². The Labute approximate surface area is 228 Å². The predicted molar refractivity (Wildman–Crippen MR) is 125 cm³/mol. The Kier molecular flexibility index (Phi) is 6.49. The van der Waals surface area contributed by atoms with Crippen molar-refractivity contribution in [3.05, 3.63) is 69.3 Å². The lowest BCUT2D eigenvalue weighted by Gasteiger charge is -2.14. The molecule has 1 aliphatic heterocycles. The van der Waals surface area contributed by atoms with Gasteiger partial charge in [-0.05, 0) is 18.2 Å². The maximum atomic E-state index is 13.7. The Morgan fingerprint density at radius 3 is 2.55 bits per heavy atom. The summed E-state index contributed by atoms with van der Waals surface area (Å²) < 4.78 is 76.6. The van der Waals surface area contributed by atoms with Gasteiger partial charge in [-0.1, -0.05) is 28.4 Å². The zero-order chi connectivity index (χ0) is 29.0. The van der Waals surface area contributed by atoms with E-state index >= 15 is 0 Å². The van der Waals surface area contributed by atoms with Crippen molar-refractivity contribution in [2.75, 3.05) is 5.32 Å². The molecule has 0 fully saturated rings. The molecule has 208 valence electrons. The number of alkyl halides is 5. The summed E-state index contributed by atoms with van der Waals surface area (Å²) in [5.41, 5.74) is 2.60. The molecule has 2 amide bonds. The molecule has 40 heavy (non-hydrogen) atoms. The molecular weight excluding hydrogens is 594 g/mol. The second-order valence-corrected chi connectivity index (χ2v) is 8.78. The summed E-state index contributed by atoms with van der Waals surface area (Å²) in [5.74, 6) is -3.72. The third-order valence-electron chi connectivity index (χ3n) is 5.22. The van der Waals surface area contributed by atoms with Crippen molar-refractivity contribution in [1.82, 2.24) is 29.8 Å². The summed E-state index contributed by atoms with van der Waals surface area (Å²) in [7, 11) is 0. The Bertz CT molecular complexity index is 1670. The molecule has 12 nitrogen and oxygen atoms in total. The van der Waals surface area contributed by atoms with Crippen LogP contribution in [0.5, 0.6) is 11.5 Å². The van der Waals surface area contributed by atoms with E-state index in [0.29, 0.717) is 6.20 Å². The van der Waals surface area contributed by atoms with Crippen LogP contribution >= 0.6 is 23.2 Å². The van der Waals surface area contributed by atoms with Crippen LogP contribution in [-0.4, -0.2) is 47.9 Å². The van der Waals surface area contributed by atoms with Crippen molar-refractivity contribution in [3.8, 4) is 17.3 Å². The number of fused-ring (bicyclic) bond motifs is 1. The van der Waals surface area contributed by atoms with Gasteiger partial charge in [-0.25, -0.2) is 14.3 Å². The van der Waals surface area contributed by atoms with Gasteiger partial charge < -0.3 is 20.5 Å². The van der Waals surface area contributed by atoms with Gasteiger partial charge in [0.25, 0.3) is 11.8 Å². The van der Waals surface area contributed by atoms with E-state index in [4.69, 9.17) is 28.9 Å². The molecule has 0 spiro atoms. The molecule has 0 bridgehead atoms. The number of hydrogen-bond acceptors (Lipinski definition) is 8. The zero-order valence-corrected chi connectivity index (χ0v) is 20.7. The SMILES string of the molecule is NC(=O)c1c(NC(=O)c2cc(Cn3cc(C(F)(F)F)nn3)nn2-c2ncccc2Cl)c(Cl)cc2c1OC(F)(F)O2. The molecule has 1 aliphatic rings. The Morgan fingerprint density at radius 2 is 1.90 bits per heavy atom. The van der Waals surface area contributed by atoms with Gasteiger partial charge in [0.2, 0.25) is 0 Å². The maximum Gasteiger partial charge on any atom is 0.586 e. The molecule has 5 rings (SSSR count). The summed E-state index contributed by atoms with van der Waals surface area (Å²) in [6.45, 7) is -0.368. The van der Waals surface area contributed by atoms with Crippen molar-refractivity contribution in [1.29, 1.82) is 0 Å². The first-order valence-corrected chi connectivity index (χ1v) is 11.4. The molecule has 3 N–H and O–H groups in total. The first-order valence-electron chi connectivity index (χ1n) is 10.6. The monoisotopic (exact) mass is 604 g/mol.